The molecule has 0 heterocycles. The summed E-state index contributed by atoms with van der Waals surface area (Å²) >= 11 is 2.12. The maximum atomic E-state index is 11.9. The van der Waals surface area contributed by atoms with E-state index < -0.39 is 0 Å². The predicted octanol–water partition coefficient (Wildman–Crippen LogP) is 3.52. The van der Waals surface area contributed by atoms with Crippen molar-refractivity contribution in [2.75, 3.05) is 7.11 Å². The van der Waals surface area contributed by atoms with Gasteiger partial charge in [-0.2, -0.15) is 0 Å². The standard InChI is InChI=1S/C14H11IO3/c1-17-13-8-7-10(9-12(13)15)14(16)18-11-5-3-2-4-6-11/h2-9H,1H3. The molecule has 0 amide bonds. The van der Waals surface area contributed by atoms with Gasteiger partial charge in [0.15, 0.2) is 0 Å². The minimum absolute atomic E-state index is 0.373. The summed E-state index contributed by atoms with van der Waals surface area (Å²) in [5.74, 6) is 0.905. The molecule has 0 saturated heterocycles. The molecule has 0 saturated carbocycles. The number of hydrogen-bond donors (Lipinski definition) is 0. The second-order valence-corrected chi connectivity index (χ2v) is 4.71. The van der Waals surface area contributed by atoms with Gasteiger partial charge in [-0.1, -0.05) is 18.2 Å². The predicted molar refractivity (Wildman–Crippen MR) is 77.1 cm³/mol. The lowest BCUT2D eigenvalue weighted by Gasteiger charge is -2.06. The first kappa shape index (κ1) is 12.9. The van der Waals surface area contributed by atoms with E-state index in [2.05, 4.69) is 22.6 Å². The van der Waals surface area contributed by atoms with Gasteiger partial charge in [0.25, 0.3) is 0 Å². The number of carbonyl (C=O) groups excluding carboxylic acids is 1. The molecule has 0 atom stereocenters. The van der Waals surface area contributed by atoms with E-state index in [-0.39, 0.29) is 5.97 Å². The van der Waals surface area contributed by atoms with Crippen molar-refractivity contribution in [1.29, 1.82) is 0 Å². The number of hydrogen-bond acceptors (Lipinski definition) is 3. The van der Waals surface area contributed by atoms with Crippen LogP contribution in [-0.2, 0) is 0 Å². The van der Waals surface area contributed by atoms with Crippen molar-refractivity contribution in [2.45, 2.75) is 0 Å². The Morgan fingerprint density at radius 3 is 2.44 bits per heavy atom. The zero-order chi connectivity index (χ0) is 13.0. The lowest BCUT2D eigenvalue weighted by atomic mass is 10.2. The molecule has 0 aliphatic carbocycles. The summed E-state index contributed by atoms with van der Waals surface area (Å²) in [4.78, 5) is 11.9. The molecule has 92 valence electrons. The van der Waals surface area contributed by atoms with Gasteiger partial charge >= 0.3 is 5.97 Å². The molecule has 4 heteroatoms. The summed E-state index contributed by atoms with van der Waals surface area (Å²) < 4.78 is 11.3. The van der Waals surface area contributed by atoms with Crippen LogP contribution in [0.2, 0.25) is 0 Å². The molecular weight excluding hydrogens is 343 g/mol. The van der Waals surface area contributed by atoms with E-state index in [1.807, 2.05) is 18.2 Å². The molecule has 2 rings (SSSR count). The summed E-state index contributed by atoms with van der Waals surface area (Å²) in [6.45, 7) is 0. The van der Waals surface area contributed by atoms with Gasteiger partial charge in [-0.05, 0) is 52.9 Å². The Kier molecular flexibility index (Phi) is 4.19. The first-order valence-corrected chi connectivity index (χ1v) is 6.39. The third kappa shape index (κ3) is 3.01. The van der Waals surface area contributed by atoms with E-state index >= 15 is 0 Å². The Morgan fingerprint density at radius 1 is 1.11 bits per heavy atom. The van der Waals surface area contributed by atoms with Gasteiger partial charge in [-0.15, -0.1) is 0 Å². The van der Waals surface area contributed by atoms with E-state index in [9.17, 15) is 4.79 Å². The van der Waals surface area contributed by atoms with Crippen molar-refractivity contribution in [3.05, 3.63) is 57.7 Å². The van der Waals surface area contributed by atoms with Gasteiger partial charge < -0.3 is 9.47 Å². The van der Waals surface area contributed by atoms with Crippen molar-refractivity contribution < 1.29 is 14.3 Å². The number of methoxy groups -OCH3 is 1. The fourth-order valence-corrected chi connectivity index (χ4v) is 2.18. The zero-order valence-electron chi connectivity index (χ0n) is 9.72. The van der Waals surface area contributed by atoms with Crippen LogP contribution in [0.5, 0.6) is 11.5 Å². The first-order valence-electron chi connectivity index (χ1n) is 5.31. The highest BCUT2D eigenvalue weighted by molar-refractivity contribution is 14.1. The molecule has 0 aliphatic rings. The third-order valence-corrected chi connectivity index (χ3v) is 3.18. The molecule has 0 spiro atoms. The van der Waals surface area contributed by atoms with Crippen molar-refractivity contribution in [3.8, 4) is 11.5 Å². The van der Waals surface area contributed by atoms with Crippen LogP contribution in [0.4, 0.5) is 0 Å². The minimum Gasteiger partial charge on any atom is -0.496 e. The van der Waals surface area contributed by atoms with Gasteiger partial charge in [-0.25, -0.2) is 4.79 Å². The maximum absolute atomic E-state index is 11.9. The van der Waals surface area contributed by atoms with Gasteiger partial charge in [0.05, 0.1) is 16.2 Å². The zero-order valence-corrected chi connectivity index (χ0v) is 11.9. The smallest absolute Gasteiger partial charge is 0.343 e. The Morgan fingerprint density at radius 2 is 1.83 bits per heavy atom. The molecule has 0 radical (unpaired) electrons. The monoisotopic (exact) mass is 354 g/mol. The summed E-state index contributed by atoms with van der Waals surface area (Å²) in [6.07, 6.45) is 0. The van der Waals surface area contributed by atoms with Gasteiger partial charge in [-0.3, -0.25) is 0 Å². The van der Waals surface area contributed by atoms with E-state index in [1.165, 1.54) is 0 Å². The maximum Gasteiger partial charge on any atom is 0.343 e. The van der Waals surface area contributed by atoms with Crippen LogP contribution in [0.25, 0.3) is 0 Å². The minimum atomic E-state index is -0.373. The van der Waals surface area contributed by atoms with Crippen LogP contribution in [0.1, 0.15) is 10.4 Å². The molecule has 3 nitrogen and oxygen atoms in total. The Balaban J connectivity index is 2.17. The number of benzene rings is 2. The van der Waals surface area contributed by atoms with Crippen molar-refractivity contribution in [2.24, 2.45) is 0 Å². The van der Waals surface area contributed by atoms with Crippen LogP contribution in [0.15, 0.2) is 48.5 Å². The normalized spacial score (nSPS) is 9.89. The molecule has 2 aromatic carbocycles. The number of ether oxygens (including phenoxy) is 2. The second-order valence-electron chi connectivity index (χ2n) is 3.55. The van der Waals surface area contributed by atoms with E-state index in [4.69, 9.17) is 9.47 Å². The highest BCUT2D eigenvalue weighted by Crippen LogP contribution is 2.22. The highest BCUT2D eigenvalue weighted by Gasteiger charge is 2.10. The molecule has 0 unspecified atom stereocenters. The molecular formula is C14H11IO3. The second kappa shape index (κ2) is 5.86. The van der Waals surface area contributed by atoms with Crippen LogP contribution in [0.3, 0.4) is 0 Å². The number of carbonyl (C=O) groups is 1. The Labute approximate surface area is 119 Å². The molecule has 0 N–H and O–H groups in total. The lowest BCUT2D eigenvalue weighted by molar-refractivity contribution is 0.0734. The first-order chi connectivity index (χ1) is 8.70. The SMILES string of the molecule is COc1ccc(C(=O)Oc2ccccc2)cc1I. The molecule has 0 fully saturated rings. The summed E-state index contributed by atoms with van der Waals surface area (Å²) in [7, 11) is 1.60. The topological polar surface area (TPSA) is 35.5 Å². The quantitative estimate of drug-likeness (QED) is 0.481. The third-order valence-electron chi connectivity index (χ3n) is 2.34. The largest absolute Gasteiger partial charge is 0.496 e. The summed E-state index contributed by atoms with van der Waals surface area (Å²) in [6, 6.07) is 14.2. The van der Waals surface area contributed by atoms with Crippen LogP contribution < -0.4 is 9.47 Å². The summed E-state index contributed by atoms with van der Waals surface area (Å²) in [5.41, 5.74) is 0.504. The van der Waals surface area contributed by atoms with Gasteiger partial charge in [0.2, 0.25) is 0 Å². The number of para-hydroxylation sites is 1. The molecule has 18 heavy (non-hydrogen) atoms. The van der Waals surface area contributed by atoms with Crippen LogP contribution in [-0.4, -0.2) is 13.1 Å². The van der Waals surface area contributed by atoms with Crippen molar-refractivity contribution >= 4 is 28.6 Å². The average Bonchev–Trinajstić information content (AvgIpc) is 2.39. The van der Waals surface area contributed by atoms with Crippen LogP contribution in [0, 0.1) is 3.57 Å². The van der Waals surface area contributed by atoms with Gasteiger partial charge in [0.1, 0.15) is 11.5 Å². The highest BCUT2D eigenvalue weighted by atomic mass is 127. The molecule has 0 aliphatic heterocycles. The number of halogens is 1. The fourth-order valence-electron chi connectivity index (χ4n) is 1.45. The number of rotatable bonds is 3. The average molecular weight is 354 g/mol. The summed E-state index contributed by atoms with van der Waals surface area (Å²) in [5, 5.41) is 0. The molecule has 2 aromatic rings. The number of esters is 1. The lowest BCUT2D eigenvalue weighted by Crippen LogP contribution is -2.08. The molecule has 0 aromatic heterocycles. The van der Waals surface area contributed by atoms with Gasteiger partial charge in [0, 0.05) is 0 Å². The molecule has 0 bridgehead atoms. The van der Waals surface area contributed by atoms with Crippen molar-refractivity contribution in [3.63, 3.8) is 0 Å². The Bertz CT molecular complexity index is 552. The van der Waals surface area contributed by atoms with Crippen LogP contribution >= 0.6 is 22.6 Å². The van der Waals surface area contributed by atoms with E-state index in [1.54, 1.807) is 37.4 Å². The van der Waals surface area contributed by atoms with Crippen molar-refractivity contribution in [1.82, 2.24) is 0 Å². The van der Waals surface area contributed by atoms with E-state index in [0.717, 1.165) is 9.32 Å². The Hall–Kier alpha value is -1.56. The fraction of sp³-hybridized carbons (Fsp3) is 0.0714. The van der Waals surface area contributed by atoms with E-state index in [0.29, 0.717) is 11.3 Å².